The van der Waals surface area contributed by atoms with Crippen molar-refractivity contribution >= 4 is 52.2 Å². The standard InChI is InChI=1S/C22H13Cl2NO3/c23-18-9-5-13(11-19(18)24)21-10-8-15(28-21)7-6-14-12-17(22(26)27)16-3-1-2-4-20(16)25-14/h1-12H,(H,26,27)/p-1/b7-6+. The van der Waals surface area contributed by atoms with Crippen LogP contribution in [0, 0.1) is 0 Å². The third-order valence-corrected chi connectivity index (χ3v) is 4.94. The number of pyridine rings is 1. The van der Waals surface area contributed by atoms with E-state index in [1.165, 1.54) is 6.07 Å². The van der Waals surface area contributed by atoms with Crippen molar-refractivity contribution in [3.63, 3.8) is 0 Å². The summed E-state index contributed by atoms with van der Waals surface area (Å²) in [6.07, 6.45) is 3.41. The van der Waals surface area contributed by atoms with Crippen molar-refractivity contribution in [1.82, 2.24) is 4.98 Å². The minimum atomic E-state index is -1.24. The number of carbonyl (C=O) groups excluding carboxylic acids is 1. The molecule has 4 aromatic rings. The number of nitrogens with zero attached hydrogens (tertiary/aromatic N) is 1. The van der Waals surface area contributed by atoms with Crippen LogP contribution in [0.25, 0.3) is 34.4 Å². The lowest BCUT2D eigenvalue weighted by atomic mass is 10.1. The molecule has 0 aliphatic carbocycles. The van der Waals surface area contributed by atoms with Crippen LogP contribution in [0.3, 0.4) is 0 Å². The molecule has 4 nitrogen and oxygen atoms in total. The number of hydrogen-bond acceptors (Lipinski definition) is 4. The summed E-state index contributed by atoms with van der Waals surface area (Å²) in [6, 6.07) is 17.4. The summed E-state index contributed by atoms with van der Waals surface area (Å²) in [6.45, 7) is 0. The molecule has 0 fully saturated rings. The van der Waals surface area contributed by atoms with E-state index in [-0.39, 0.29) is 5.56 Å². The van der Waals surface area contributed by atoms with Gasteiger partial charge in [-0.05, 0) is 54.6 Å². The van der Waals surface area contributed by atoms with Gasteiger partial charge in [0.15, 0.2) is 0 Å². The molecule has 0 aliphatic rings. The molecule has 0 amide bonds. The van der Waals surface area contributed by atoms with E-state index in [0.717, 1.165) is 5.56 Å². The average Bonchev–Trinajstić information content (AvgIpc) is 3.17. The minimum absolute atomic E-state index is 0.0983. The zero-order chi connectivity index (χ0) is 19.7. The van der Waals surface area contributed by atoms with E-state index in [0.29, 0.717) is 38.2 Å². The second-order valence-electron chi connectivity index (χ2n) is 6.06. The predicted molar refractivity (Wildman–Crippen MR) is 109 cm³/mol. The summed E-state index contributed by atoms with van der Waals surface area (Å²) in [7, 11) is 0. The highest BCUT2D eigenvalue weighted by Gasteiger charge is 2.07. The first-order chi connectivity index (χ1) is 13.5. The molecule has 2 aromatic heterocycles. The molecule has 0 bridgehead atoms. The normalized spacial score (nSPS) is 11.4. The molecule has 2 heterocycles. The highest BCUT2D eigenvalue weighted by molar-refractivity contribution is 6.42. The molecular weight excluding hydrogens is 397 g/mol. The number of carbonyl (C=O) groups is 1. The largest absolute Gasteiger partial charge is 0.545 e. The molecule has 28 heavy (non-hydrogen) atoms. The van der Waals surface area contributed by atoms with Crippen molar-refractivity contribution in [1.29, 1.82) is 0 Å². The lowest BCUT2D eigenvalue weighted by molar-refractivity contribution is -0.254. The number of rotatable bonds is 4. The van der Waals surface area contributed by atoms with Crippen LogP contribution >= 0.6 is 23.2 Å². The first kappa shape index (κ1) is 18.3. The molecule has 2 aromatic carbocycles. The molecule has 0 aliphatic heterocycles. The van der Waals surface area contributed by atoms with Gasteiger partial charge < -0.3 is 14.3 Å². The number of fused-ring (bicyclic) bond motifs is 1. The van der Waals surface area contributed by atoms with E-state index >= 15 is 0 Å². The van der Waals surface area contributed by atoms with Gasteiger partial charge in [-0.15, -0.1) is 0 Å². The molecular formula is C22H12Cl2NO3-. The summed E-state index contributed by atoms with van der Waals surface area (Å²) in [5.41, 5.74) is 1.98. The molecule has 4 rings (SSSR count). The molecule has 0 spiro atoms. The van der Waals surface area contributed by atoms with Crippen LogP contribution in [-0.4, -0.2) is 11.0 Å². The van der Waals surface area contributed by atoms with Gasteiger partial charge in [0.25, 0.3) is 0 Å². The van der Waals surface area contributed by atoms with E-state index in [1.807, 2.05) is 12.1 Å². The Morgan fingerprint density at radius 2 is 1.79 bits per heavy atom. The Bertz CT molecular complexity index is 1230. The van der Waals surface area contributed by atoms with Gasteiger partial charge in [0.05, 0.1) is 27.2 Å². The van der Waals surface area contributed by atoms with Gasteiger partial charge in [-0.1, -0.05) is 41.4 Å². The predicted octanol–water partition coefficient (Wildman–Crippen LogP) is 5.34. The van der Waals surface area contributed by atoms with E-state index in [2.05, 4.69) is 4.98 Å². The fraction of sp³-hybridized carbons (Fsp3) is 0. The van der Waals surface area contributed by atoms with Gasteiger partial charge in [-0.3, -0.25) is 0 Å². The Balaban J connectivity index is 1.65. The molecule has 0 saturated carbocycles. The Morgan fingerprint density at radius 3 is 2.57 bits per heavy atom. The summed E-state index contributed by atoms with van der Waals surface area (Å²) < 4.78 is 5.81. The Kier molecular flexibility index (Phi) is 4.90. The van der Waals surface area contributed by atoms with Gasteiger partial charge in [0, 0.05) is 16.5 Å². The van der Waals surface area contributed by atoms with Gasteiger partial charge in [-0.2, -0.15) is 0 Å². The maximum absolute atomic E-state index is 11.5. The molecule has 0 unspecified atom stereocenters. The van der Waals surface area contributed by atoms with Gasteiger partial charge in [0.1, 0.15) is 11.5 Å². The maximum Gasteiger partial charge on any atom is 0.134 e. The zero-order valence-corrected chi connectivity index (χ0v) is 15.9. The lowest BCUT2D eigenvalue weighted by Gasteiger charge is -2.08. The number of aromatic nitrogens is 1. The Morgan fingerprint density at radius 1 is 0.964 bits per heavy atom. The highest BCUT2D eigenvalue weighted by atomic mass is 35.5. The number of carboxylic acids is 1. The number of aromatic carboxylic acids is 1. The van der Waals surface area contributed by atoms with Crippen LogP contribution in [0.15, 0.2) is 65.1 Å². The van der Waals surface area contributed by atoms with Crippen molar-refractivity contribution in [3.8, 4) is 11.3 Å². The van der Waals surface area contributed by atoms with Crippen LogP contribution in [0.1, 0.15) is 21.8 Å². The molecule has 0 radical (unpaired) electrons. The van der Waals surface area contributed by atoms with E-state index in [9.17, 15) is 9.90 Å². The topological polar surface area (TPSA) is 66.2 Å². The number of benzene rings is 2. The fourth-order valence-corrected chi connectivity index (χ4v) is 3.16. The summed E-state index contributed by atoms with van der Waals surface area (Å²) in [4.78, 5) is 15.9. The van der Waals surface area contributed by atoms with E-state index < -0.39 is 5.97 Å². The maximum atomic E-state index is 11.5. The second kappa shape index (κ2) is 7.50. The van der Waals surface area contributed by atoms with Gasteiger partial charge >= 0.3 is 0 Å². The number of hydrogen-bond donors (Lipinski definition) is 0. The van der Waals surface area contributed by atoms with Gasteiger partial charge in [-0.25, -0.2) is 4.98 Å². The molecule has 0 N–H and O–H groups in total. The zero-order valence-electron chi connectivity index (χ0n) is 14.4. The van der Waals surface area contributed by atoms with Crippen molar-refractivity contribution in [2.75, 3.05) is 0 Å². The summed E-state index contributed by atoms with van der Waals surface area (Å²) in [5, 5.41) is 12.9. The number of furan rings is 1. The van der Waals surface area contributed by atoms with Crippen molar-refractivity contribution in [3.05, 3.63) is 87.7 Å². The number of para-hydroxylation sites is 1. The van der Waals surface area contributed by atoms with E-state index in [4.69, 9.17) is 27.6 Å². The smallest absolute Gasteiger partial charge is 0.134 e. The first-order valence-corrected chi connectivity index (χ1v) is 9.11. The molecule has 138 valence electrons. The second-order valence-corrected chi connectivity index (χ2v) is 6.88. The third kappa shape index (κ3) is 3.65. The van der Waals surface area contributed by atoms with Crippen LogP contribution in [-0.2, 0) is 0 Å². The molecule has 0 saturated heterocycles. The number of halogens is 2. The van der Waals surface area contributed by atoms with Crippen LogP contribution in [0.2, 0.25) is 10.0 Å². The minimum Gasteiger partial charge on any atom is -0.545 e. The summed E-state index contributed by atoms with van der Waals surface area (Å²) >= 11 is 12.0. The van der Waals surface area contributed by atoms with Crippen molar-refractivity contribution in [2.24, 2.45) is 0 Å². The van der Waals surface area contributed by atoms with Gasteiger partial charge in [0.2, 0.25) is 0 Å². The van der Waals surface area contributed by atoms with Crippen LogP contribution < -0.4 is 5.11 Å². The monoisotopic (exact) mass is 408 g/mol. The fourth-order valence-electron chi connectivity index (χ4n) is 2.86. The SMILES string of the molecule is O=C([O-])c1cc(/C=C/c2ccc(-c3ccc(Cl)c(Cl)c3)o2)nc2ccccc12. The molecule has 6 heteroatoms. The third-order valence-electron chi connectivity index (χ3n) is 4.21. The van der Waals surface area contributed by atoms with E-state index in [1.54, 1.807) is 54.6 Å². The quantitative estimate of drug-likeness (QED) is 0.457. The Hall–Kier alpha value is -3.08. The van der Waals surface area contributed by atoms with Crippen molar-refractivity contribution in [2.45, 2.75) is 0 Å². The number of carboxylic acid groups (broad SMARTS) is 1. The lowest BCUT2D eigenvalue weighted by Crippen LogP contribution is -2.22. The Labute approximate surface area is 170 Å². The first-order valence-electron chi connectivity index (χ1n) is 8.36. The molecule has 0 atom stereocenters. The van der Waals surface area contributed by atoms with Crippen molar-refractivity contribution < 1.29 is 14.3 Å². The van der Waals surface area contributed by atoms with Crippen LogP contribution in [0.4, 0.5) is 0 Å². The summed E-state index contributed by atoms with van der Waals surface area (Å²) in [5.74, 6) is -0.0145. The average molecular weight is 409 g/mol. The van der Waals surface area contributed by atoms with Crippen LogP contribution in [0.5, 0.6) is 0 Å². The highest BCUT2D eigenvalue weighted by Crippen LogP contribution is 2.30.